The molecule has 22 heavy (non-hydrogen) atoms. The highest BCUT2D eigenvalue weighted by Gasteiger charge is 1.97. The van der Waals surface area contributed by atoms with E-state index >= 15 is 0 Å². The van der Waals surface area contributed by atoms with Gasteiger partial charge in [-0.2, -0.15) is 0 Å². The summed E-state index contributed by atoms with van der Waals surface area (Å²) in [7, 11) is 0. The summed E-state index contributed by atoms with van der Waals surface area (Å²) < 4.78 is 10.9. The largest absolute Gasteiger partial charge is 0.494 e. The molecule has 4 heteroatoms. The second kappa shape index (κ2) is 14.4. The Morgan fingerprint density at radius 1 is 1.18 bits per heavy atom. The molecule has 0 aliphatic heterocycles. The second-order valence-corrected chi connectivity index (χ2v) is 4.72. The Balaban J connectivity index is 0. The highest BCUT2D eigenvalue weighted by atomic mass is 16.5. The fraction of sp³-hybridized carbons (Fsp3) is 0.611. The van der Waals surface area contributed by atoms with Gasteiger partial charge in [-0.25, -0.2) is 0 Å². The summed E-state index contributed by atoms with van der Waals surface area (Å²) >= 11 is 0. The molecule has 0 saturated carbocycles. The van der Waals surface area contributed by atoms with Crippen molar-refractivity contribution in [3.63, 3.8) is 0 Å². The molecule has 0 aromatic heterocycles. The Morgan fingerprint density at radius 3 is 2.59 bits per heavy atom. The fourth-order valence-corrected chi connectivity index (χ4v) is 1.79. The predicted octanol–water partition coefficient (Wildman–Crippen LogP) is 4.55. The third-order valence-corrected chi connectivity index (χ3v) is 2.72. The zero-order chi connectivity index (χ0) is 16.6. The van der Waals surface area contributed by atoms with Crippen LogP contribution in [0, 0.1) is 0 Å². The first-order chi connectivity index (χ1) is 10.7. The van der Waals surface area contributed by atoms with Gasteiger partial charge in [0.05, 0.1) is 6.61 Å². The highest BCUT2D eigenvalue weighted by Crippen LogP contribution is 2.17. The molecule has 0 aliphatic rings. The fourth-order valence-electron chi connectivity index (χ4n) is 1.79. The Hall–Kier alpha value is -1.55. The van der Waals surface area contributed by atoms with Crippen LogP contribution in [0.25, 0.3) is 0 Å². The molecule has 0 saturated heterocycles. The van der Waals surface area contributed by atoms with Gasteiger partial charge in [0.1, 0.15) is 12.4 Å². The molecule has 4 nitrogen and oxygen atoms in total. The van der Waals surface area contributed by atoms with Crippen LogP contribution in [0.1, 0.15) is 48.4 Å². The lowest BCUT2D eigenvalue weighted by atomic mass is 10.2. The lowest BCUT2D eigenvalue weighted by Gasteiger charge is -2.08. The van der Waals surface area contributed by atoms with Crippen LogP contribution in [0.3, 0.4) is 0 Å². The highest BCUT2D eigenvalue weighted by molar-refractivity contribution is 5.76. The van der Waals surface area contributed by atoms with Gasteiger partial charge >= 0.3 is 0 Å². The molecule has 0 radical (unpaired) electrons. The van der Waals surface area contributed by atoms with E-state index in [4.69, 9.17) is 9.47 Å². The Labute approximate surface area is 136 Å². The normalized spacial score (nSPS) is 9.64. The molecule has 0 spiro atoms. The number of unbranched alkanes of at least 4 members (excludes halogenated alkanes) is 2. The molecule has 0 aliphatic carbocycles. The lowest BCUT2D eigenvalue weighted by Crippen LogP contribution is -2.05. The van der Waals surface area contributed by atoms with Crippen LogP contribution in [-0.4, -0.2) is 32.1 Å². The molecule has 1 rings (SSSR count). The monoisotopic (exact) mass is 311 g/mol. The van der Waals surface area contributed by atoms with Crippen molar-refractivity contribution in [3.8, 4) is 5.75 Å². The van der Waals surface area contributed by atoms with E-state index in [9.17, 15) is 4.79 Å². The maximum atomic E-state index is 10.7. The van der Waals surface area contributed by atoms with Crippen molar-refractivity contribution in [2.45, 2.75) is 47.0 Å². The van der Waals surface area contributed by atoms with E-state index in [0.717, 1.165) is 37.2 Å². The minimum atomic E-state index is 0. The number of hydrogen-bond acceptors (Lipinski definition) is 4. The van der Waals surface area contributed by atoms with Gasteiger partial charge < -0.3 is 14.8 Å². The van der Waals surface area contributed by atoms with Crippen LogP contribution in [0.15, 0.2) is 24.3 Å². The molecule has 0 atom stereocenters. The number of anilines is 1. The molecule has 0 unspecified atom stereocenters. The minimum Gasteiger partial charge on any atom is -0.494 e. The maximum Gasteiger partial charge on any atom is 0.155 e. The first-order valence-corrected chi connectivity index (χ1v) is 8.26. The van der Waals surface area contributed by atoms with E-state index in [2.05, 4.69) is 12.2 Å². The van der Waals surface area contributed by atoms with Gasteiger partial charge in [0.25, 0.3) is 0 Å². The summed E-state index contributed by atoms with van der Waals surface area (Å²) in [6, 6.07) is 8.00. The van der Waals surface area contributed by atoms with Crippen molar-refractivity contribution in [3.05, 3.63) is 24.3 Å². The number of nitrogens with one attached hydrogen (secondary N) is 1. The van der Waals surface area contributed by atoms with Gasteiger partial charge in [0, 0.05) is 26.3 Å². The first kappa shape index (κ1) is 20.5. The third-order valence-electron chi connectivity index (χ3n) is 2.72. The molecular formula is C18H33NO3. The summed E-state index contributed by atoms with van der Waals surface area (Å²) in [6.07, 6.45) is 3.01. The molecule has 1 aromatic carbocycles. The summed E-state index contributed by atoms with van der Waals surface area (Å²) in [5.74, 6) is 0.977. The van der Waals surface area contributed by atoms with E-state index < -0.39 is 0 Å². The van der Waals surface area contributed by atoms with E-state index in [1.54, 1.807) is 0 Å². The number of ketones is 1. The zero-order valence-corrected chi connectivity index (χ0v) is 14.5. The van der Waals surface area contributed by atoms with Gasteiger partial charge in [-0.05, 0) is 45.2 Å². The smallest absolute Gasteiger partial charge is 0.155 e. The predicted molar refractivity (Wildman–Crippen MR) is 94.9 cm³/mol. The average Bonchev–Trinajstić information content (AvgIpc) is 2.52. The standard InChI is InChI=1S/C16H25NO3.C2H6.H2/c1-3-17-15-8-7-9-16(12-15)20-11-6-4-5-10-19-13-14(2)18;1-2;/h7-9,12,17H,3-6,10-11,13H2,1-2H3;1-2H3;1H. The topological polar surface area (TPSA) is 47.6 Å². The molecule has 128 valence electrons. The third kappa shape index (κ3) is 11.1. The van der Waals surface area contributed by atoms with Gasteiger partial charge in [-0.3, -0.25) is 4.79 Å². The summed E-state index contributed by atoms with van der Waals surface area (Å²) in [5, 5.41) is 3.26. The molecule has 1 N–H and O–H groups in total. The van der Waals surface area contributed by atoms with Gasteiger partial charge in [-0.1, -0.05) is 19.9 Å². The van der Waals surface area contributed by atoms with Crippen LogP contribution in [0.4, 0.5) is 5.69 Å². The van der Waals surface area contributed by atoms with Crippen molar-refractivity contribution in [2.75, 3.05) is 31.7 Å². The SMILES string of the molecule is CC.CCNc1cccc(OCCCCCOCC(C)=O)c1.[HH]. The Bertz CT molecular complexity index is 400. The second-order valence-electron chi connectivity index (χ2n) is 4.72. The Morgan fingerprint density at radius 2 is 1.91 bits per heavy atom. The summed E-state index contributed by atoms with van der Waals surface area (Å²) in [4.78, 5) is 10.7. The van der Waals surface area contributed by atoms with Crippen LogP contribution in [-0.2, 0) is 9.53 Å². The van der Waals surface area contributed by atoms with Crippen molar-refractivity contribution < 1.29 is 15.7 Å². The van der Waals surface area contributed by atoms with Crippen molar-refractivity contribution in [1.82, 2.24) is 0 Å². The number of benzene rings is 1. The van der Waals surface area contributed by atoms with Gasteiger partial charge in [0.2, 0.25) is 0 Å². The molecule has 0 amide bonds. The first-order valence-electron chi connectivity index (χ1n) is 8.26. The quantitative estimate of drug-likeness (QED) is 0.609. The molecule has 0 fully saturated rings. The van der Waals surface area contributed by atoms with Gasteiger partial charge in [-0.15, -0.1) is 0 Å². The van der Waals surface area contributed by atoms with Crippen molar-refractivity contribution in [2.24, 2.45) is 0 Å². The van der Waals surface area contributed by atoms with E-state index in [1.165, 1.54) is 6.92 Å². The zero-order valence-electron chi connectivity index (χ0n) is 14.5. The van der Waals surface area contributed by atoms with Crippen molar-refractivity contribution in [1.29, 1.82) is 0 Å². The van der Waals surface area contributed by atoms with E-state index in [-0.39, 0.29) is 13.8 Å². The minimum absolute atomic E-state index is 0. The van der Waals surface area contributed by atoms with Crippen LogP contribution in [0.2, 0.25) is 0 Å². The number of ether oxygens (including phenoxy) is 2. The van der Waals surface area contributed by atoms with Gasteiger partial charge in [0.15, 0.2) is 5.78 Å². The van der Waals surface area contributed by atoms with E-state index in [1.807, 2.05) is 38.1 Å². The number of carbonyl (C=O) groups excluding carboxylic acids is 1. The molecule has 0 bridgehead atoms. The number of Topliss-reactive ketones (excluding diaryl/α,β-unsaturated/α-hetero) is 1. The molecular weight excluding hydrogens is 278 g/mol. The Kier molecular flexibility index (Phi) is 13.4. The molecule has 1 aromatic rings. The summed E-state index contributed by atoms with van der Waals surface area (Å²) in [6.45, 7) is 10.1. The number of hydrogen-bond donors (Lipinski definition) is 1. The lowest BCUT2D eigenvalue weighted by molar-refractivity contribution is -0.121. The summed E-state index contributed by atoms with van der Waals surface area (Å²) in [5.41, 5.74) is 1.09. The maximum absolute atomic E-state index is 10.7. The van der Waals surface area contributed by atoms with Crippen LogP contribution >= 0.6 is 0 Å². The van der Waals surface area contributed by atoms with Crippen molar-refractivity contribution >= 4 is 11.5 Å². The van der Waals surface area contributed by atoms with E-state index in [0.29, 0.717) is 13.2 Å². The van der Waals surface area contributed by atoms with Crippen LogP contribution < -0.4 is 10.1 Å². The number of carbonyl (C=O) groups is 1. The average molecular weight is 311 g/mol. The number of rotatable bonds is 11. The van der Waals surface area contributed by atoms with Crippen LogP contribution in [0.5, 0.6) is 5.75 Å². The molecule has 0 heterocycles.